The predicted octanol–water partition coefficient (Wildman–Crippen LogP) is 1.68. The highest BCUT2D eigenvalue weighted by Gasteiger charge is 2.37. The second-order valence-corrected chi connectivity index (χ2v) is 6.74. The van der Waals surface area contributed by atoms with E-state index in [0.717, 1.165) is 25.7 Å². The summed E-state index contributed by atoms with van der Waals surface area (Å²) in [7, 11) is 0. The average Bonchev–Trinajstić information content (AvgIpc) is 2.89. The van der Waals surface area contributed by atoms with Gasteiger partial charge >= 0.3 is 12.1 Å². The smallest absolute Gasteiger partial charge is 0.411 e. The van der Waals surface area contributed by atoms with Gasteiger partial charge in [0, 0.05) is 19.6 Å². The normalized spacial score (nSPS) is 24.0. The summed E-state index contributed by atoms with van der Waals surface area (Å²) in [5.74, 6) is -0.319. The molecule has 1 unspecified atom stereocenters. The van der Waals surface area contributed by atoms with Crippen molar-refractivity contribution < 1.29 is 19.1 Å². The summed E-state index contributed by atoms with van der Waals surface area (Å²) in [4.78, 5) is 26.0. The lowest BCUT2D eigenvalue weighted by molar-refractivity contribution is -0.155. The van der Waals surface area contributed by atoms with Crippen LogP contribution < -0.4 is 5.32 Å². The van der Waals surface area contributed by atoms with Crippen LogP contribution >= 0.6 is 0 Å². The van der Waals surface area contributed by atoms with Gasteiger partial charge in [-0.1, -0.05) is 0 Å². The summed E-state index contributed by atoms with van der Waals surface area (Å²) in [6.07, 6.45) is 3.64. The van der Waals surface area contributed by atoms with Gasteiger partial charge in [0.05, 0.1) is 0 Å². The molecule has 1 N–H and O–H groups in total. The molecule has 21 heavy (non-hydrogen) atoms. The van der Waals surface area contributed by atoms with E-state index in [4.69, 9.17) is 9.47 Å². The third-order valence-corrected chi connectivity index (χ3v) is 3.73. The molecule has 1 saturated heterocycles. The lowest BCUT2D eigenvalue weighted by atomic mass is 10.2. The molecule has 2 fully saturated rings. The Morgan fingerprint density at radius 1 is 1.19 bits per heavy atom. The van der Waals surface area contributed by atoms with E-state index in [1.807, 2.05) is 20.8 Å². The third-order valence-electron chi connectivity index (χ3n) is 3.73. The minimum Gasteiger partial charge on any atom is -0.461 e. The van der Waals surface area contributed by atoms with Crippen LogP contribution in [0.1, 0.15) is 46.5 Å². The zero-order chi connectivity index (χ0) is 15.5. The number of carbonyl (C=O) groups excluding carboxylic acids is 2. The molecule has 1 aliphatic heterocycles. The number of ether oxygens (including phenoxy) is 2. The van der Waals surface area contributed by atoms with Crippen LogP contribution in [-0.4, -0.2) is 54.3 Å². The van der Waals surface area contributed by atoms with Crippen molar-refractivity contribution in [3.63, 3.8) is 0 Å². The molecule has 6 heteroatoms. The highest BCUT2D eigenvalue weighted by molar-refractivity contribution is 5.82. The molecule has 1 heterocycles. The lowest BCUT2D eigenvalue weighted by Gasteiger charge is -2.36. The summed E-state index contributed by atoms with van der Waals surface area (Å²) in [5, 5.41) is 3.14. The number of nitrogens with zero attached hydrogens (tertiary/aromatic N) is 1. The van der Waals surface area contributed by atoms with Crippen molar-refractivity contribution in [1.82, 2.24) is 10.2 Å². The molecule has 0 bridgehead atoms. The first-order chi connectivity index (χ1) is 9.87. The highest BCUT2D eigenvalue weighted by Crippen LogP contribution is 2.22. The van der Waals surface area contributed by atoms with Crippen molar-refractivity contribution in [3.05, 3.63) is 0 Å². The molecule has 1 amide bonds. The zero-order valence-electron chi connectivity index (χ0n) is 13.2. The molecule has 0 aromatic carbocycles. The summed E-state index contributed by atoms with van der Waals surface area (Å²) >= 11 is 0. The fourth-order valence-electron chi connectivity index (χ4n) is 2.70. The Kier molecular flexibility index (Phi) is 5.08. The molecule has 0 aromatic rings. The third kappa shape index (κ3) is 4.59. The maximum Gasteiger partial charge on any atom is 0.411 e. The Bertz CT molecular complexity index is 386. The van der Waals surface area contributed by atoms with Gasteiger partial charge in [0.2, 0.25) is 0 Å². The molecular weight excluding hydrogens is 272 g/mol. The number of carbonyl (C=O) groups is 2. The molecule has 1 atom stereocenters. The Labute approximate surface area is 126 Å². The van der Waals surface area contributed by atoms with E-state index in [0.29, 0.717) is 19.6 Å². The minimum atomic E-state index is -0.589. The first-order valence-electron chi connectivity index (χ1n) is 7.77. The summed E-state index contributed by atoms with van der Waals surface area (Å²) in [6.45, 7) is 6.99. The molecular formula is C15H26N2O4. The molecule has 1 aliphatic carbocycles. The maximum atomic E-state index is 12.3. The van der Waals surface area contributed by atoms with Gasteiger partial charge in [0.15, 0.2) is 0 Å². The van der Waals surface area contributed by atoms with Gasteiger partial charge in [-0.3, -0.25) is 4.90 Å². The molecule has 2 aliphatic rings. The molecule has 6 nitrogen and oxygen atoms in total. The first kappa shape index (κ1) is 16.1. The molecule has 120 valence electrons. The number of esters is 1. The van der Waals surface area contributed by atoms with Crippen LogP contribution in [0.3, 0.4) is 0 Å². The van der Waals surface area contributed by atoms with E-state index in [2.05, 4.69) is 5.32 Å². The van der Waals surface area contributed by atoms with Gasteiger partial charge in [-0.15, -0.1) is 0 Å². The fraction of sp³-hybridized carbons (Fsp3) is 0.867. The largest absolute Gasteiger partial charge is 0.461 e. The van der Waals surface area contributed by atoms with Crippen LogP contribution in [-0.2, 0) is 14.3 Å². The van der Waals surface area contributed by atoms with Gasteiger partial charge in [-0.25, -0.2) is 9.59 Å². The number of amides is 1. The predicted molar refractivity (Wildman–Crippen MR) is 77.9 cm³/mol. The van der Waals surface area contributed by atoms with Crippen LogP contribution in [0.2, 0.25) is 0 Å². The second-order valence-electron chi connectivity index (χ2n) is 6.74. The number of hydrogen-bond donors (Lipinski definition) is 1. The van der Waals surface area contributed by atoms with Crippen LogP contribution in [0.5, 0.6) is 0 Å². The van der Waals surface area contributed by atoms with Crippen molar-refractivity contribution in [3.8, 4) is 0 Å². The molecule has 1 saturated carbocycles. The first-order valence-corrected chi connectivity index (χ1v) is 7.77. The number of nitrogens with one attached hydrogen (secondary N) is 1. The van der Waals surface area contributed by atoms with Crippen molar-refractivity contribution in [2.75, 3.05) is 19.6 Å². The summed E-state index contributed by atoms with van der Waals surface area (Å²) in [5.41, 5.74) is -0.568. The Morgan fingerprint density at radius 3 is 2.48 bits per heavy atom. The average molecular weight is 298 g/mol. The Morgan fingerprint density at radius 2 is 1.86 bits per heavy atom. The van der Waals surface area contributed by atoms with E-state index in [-0.39, 0.29) is 12.1 Å². The van der Waals surface area contributed by atoms with Gasteiger partial charge < -0.3 is 14.8 Å². The molecule has 0 spiro atoms. The fourth-order valence-corrected chi connectivity index (χ4v) is 2.70. The SMILES string of the molecule is CC(C)(C)OC(=O)N1CCNCC1C(=O)OC1CCCC1. The van der Waals surface area contributed by atoms with E-state index >= 15 is 0 Å². The van der Waals surface area contributed by atoms with E-state index in [1.54, 1.807) is 0 Å². The minimum absolute atomic E-state index is 0.0138. The summed E-state index contributed by atoms with van der Waals surface area (Å²) in [6, 6.07) is -0.589. The Hall–Kier alpha value is -1.30. The van der Waals surface area contributed by atoms with E-state index < -0.39 is 17.7 Å². The number of rotatable bonds is 2. The lowest BCUT2D eigenvalue weighted by Crippen LogP contribution is -2.58. The van der Waals surface area contributed by atoms with Crippen LogP contribution in [0, 0.1) is 0 Å². The van der Waals surface area contributed by atoms with E-state index in [9.17, 15) is 9.59 Å². The second kappa shape index (κ2) is 6.64. The van der Waals surface area contributed by atoms with Gasteiger partial charge in [-0.2, -0.15) is 0 Å². The molecule has 0 radical (unpaired) electrons. The maximum absolute atomic E-state index is 12.3. The van der Waals surface area contributed by atoms with Crippen LogP contribution in [0.15, 0.2) is 0 Å². The van der Waals surface area contributed by atoms with Gasteiger partial charge in [-0.05, 0) is 46.5 Å². The van der Waals surface area contributed by atoms with Crippen LogP contribution in [0.25, 0.3) is 0 Å². The number of hydrogen-bond acceptors (Lipinski definition) is 5. The van der Waals surface area contributed by atoms with Crippen molar-refractivity contribution in [2.45, 2.75) is 64.2 Å². The quantitative estimate of drug-likeness (QED) is 0.786. The Balaban J connectivity index is 1.97. The number of piperazine rings is 1. The monoisotopic (exact) mass is 298 g/mol. The topological polar surface area (TPSA) is 67.9 Å². The van der Waals surface area contributed by atoms with Crippen molar-refractivity contribution in [1.29, 1.82) is 0 Å². The van der Waals surface area contributed by atoms with Crippen LogP contribution in [0.4, 0.5) is 4.79 Å². The molecule has 2 rings (SSSR count). The summed E-state index contributed by atoms with van der Waals surface area (Å²) < 4.78 is 10.9. The van der Waals surface area contributed by atoms with Gasteiger partial charge in [0.1, 0.15) is 17.7 Å². The molecule has 0 aromatic heterocycles. The van der Waals surface area contributed by atoms with Crippen molar-refractivity contribution >= 4 is 12.1 Å². The van der Waals surface area contributed by atoms with Gasteiger partial charge in [0.25, 0.3) is 0 Å². The standard InChI is InChI=1S/C15H26N2O4/c1-15(2,3)21-14(19)17-9-8-16-10-12(17)13(18)20-11-6-4-5-7-11/h11-12,16H,4-10H2,1-3H3. The highest BCUT2D eigenvalue weighted by atomic mass is 16.6. The zero-order valence-corrected chi connectivity index (χ0v) is 13.2. The van der Waals surface area contributed by atoms with E-state index in [1.165, 1.54) is 4.90 Å². The van der Waals surface area contributed by atoms with Crippen molar-refractivity contribution in [2.24, 2.45) is 0 Å².